The molecule has 2 N–H and O–H groups in total. The maximum atomic E-state index is 11.8. The van der Waals surface area contributed by atoms with E-state index in [4.69, 9.17) is 4.42 Å². The van der Waals surface area contributed by atoms with Crippen molar-refractivity contribution in [3.05, 3.63) is 40.2 Å². The number of aromatic nitrogens is 1. The van der Waals surface area contributed by atoms with Gasteiger partial charge in [0.2, 0.25) is 5.91 Å². The van der Waals surface area contributed by atoms with Crippen LogP contribution in [0.3, 0.4) is 0 Å². The van der Waals surface area contributed by atoms with E-state index in [1.807, 2.05) is 18.3 Å². The summed E-state index contributed by atoms with van der Waals surface area (Å²) < 4.78 is 5.33. The van der Waals surface area contributed by atoms with Gasteiger partial charge in [0, 0.05) is 51.1 Å². The predicted octanol–water partition coefficient (Wildman–Crippen LogP) is 1.71. The number of likely N-dealkylation sites (N-methyl/N-ethyl adjacent to an activating group) is 1. The lowest BCUT2D eigenvalue weighted by Gasteiger charge is -2.13. The molecule has 8 heteroatoms. The van der Waals surface area contributed by atoms with Crippen LogP contribution in [0.1, 0.15) is 22.6 Å². The Hall–Kier alpha value is -2.35. The second-order valence-corrected chi connectivity index (χ2v) is 7.16. The molecule has 0 spiro atoms. The van der Waals surface area contributed by atoms with Gasteiger partial charge < -0.3 is 20.0 Å². The van der Waals surface area contributed by atoms with Crippen molar-refractivity contribution in [3.8, 4) is 0 Å². The Kier molecular flexibility index (Phi) is 8.14. The lowest BCUT2D eigenvalue weighted by molar-refractivity contribution is -0.127. The van der Waals surface area contributed by atoms with Crippen molar-refractivity contribution < 1.29 is 9.21 Å². The molecule has 0 aliphatic rings. The van der Waals surface area contributed by atoms with E-state index in [9.17, 15) is 4.79 Å². The molecule has 26 heavy (non-hydrogen) atoms. The molecule has 0 aliphatic heterocycles. The molecule has 0 atom stereocenters. The minimum atomic E-state index is -0.0374. The van der Waals surface area contributed by atoms with Crippen LogP contribution in [-0.2, 0) is 24.1 Å². The second-order valence-electron chi connectivity index (χ2n) is 5.96. The summed E-state index contributed by atoms with van der Waals surface area (Å²) in [6.07, 6.45) is 6.19. The highest BCUT2D eigenvalue weighted by atomic mass is 32.1. The van der Waals surface area contributed by atoms with Gasteiger partial charge in [0.25, 0.3) is 0 Å². The maximum absolute atomic E-state index is 11.8. The van der Waals surface area contributed by atoms with Crippen molar-refractivity contribution in [3.63, 3.8) is 0 Å². The average Bonchev–Trinajstić information content (AvgIpc) is 3.30. The molecule has 2 rings (SSSR count). The fourth-order valence-corrected chi connectivity index (χ4v) is 3.00. The smallest absolute Gasteiger partial charge is 0.243 e. The number of guanidine groups is 1. The number of aryl methyl sites for hydroxylation is 1. The van der Waals surface area contributed by atoms with Gasteiger partial charge in [0.1, 0.15) is 12.3 Å². The Bertz CT molecular complexity index is 694. The Morgan fingerprint density at radius 3 is 2.69 bits per heavy atom. The van der Waals surface area contributed by atoms with Gasteiger partial charge in [-0.3, -0.25) is 4.79 Å². The third-order valence-corrected chi connectivity index (χ3v) is 4.90. The number of hydrogen-bond acceptors (Lipinski definition) is 5. The lowest BCUT2D eigenvalue weighted by Crippen LogP contribution is -2.40. The zero-order valence-corrected chi connectivity index (χ0v) is 16.4. The van der Waals surface area contributed by atoms with Crippen LogP contribution >= 0.6 is 11.3 Å². The standard InChI is InChI=1S/C18H27N5O2S/c1-4-15-12-21-16(26-15)8-10-20-18(22-13-17(24)23(2)3)19-9-7-14-6-5-11-25-14/h5-6,11-12H,4,7-10,13H2,1-3H3,(H2,19,20,22). The molecule has 0 saturated heterocycles. The van der Waals surface area contributed by atoms with Crippen LogP contribution in [0.15, 0.2) is 34.0 Å². The Balaban J connectivity index is 1.84. The van der Waals surface area contributed by atoms with Crippen molar-refractivity contribution in [1.29, 1.82) is 0 Å². The summed E-state index contributed by atoms with van der Waals surface area (Å²) in [5.41, 5.74) is 0. The van der Waals surface area contributed by atoms with Crippen LogP contribution in [0, 0.1) is 0 Å². The molecule has 1 amide bonds. The van der Waals surface area contributed by atoms with Gasteiger partial charge in [-0.1, -0.05) is 6.92 Å². The summed E-state index contributed by atoms with van der Waals surface area (Å²) in [5, 5.41) is 7.63. The van der Waals surface area contributed by atoms with Crippen LogP contribution < -0.4 is 10.6 Å². The van der Waals surface area contributed by atoms with E-state index in [1.54, 1.807) is 31.7 Å². The molecule has 0 bridgehead atoms. The van der Waals surface area contributed by atoms with Crippen molar-refractivity contribution in [2.45, 2.75) is 26.2 Å². The summed E-state index contributed by atoms with van der Waals surface area (Å²) in [6.45, 7) is 3.62. The van der Waals surface area contributed by atoms with Gasteiger partial charge in [-0.05, 0) is 18.6 Å². The molecule has 0 aromatic carbocycles. The number of nitrogens with one attached hydrogen (secondary N) is 2. The highest BCUT2D eigenvalue weighted by Crippen LogP contribution is 2.13. The van der Waals surface area contributed by atoms with Gasteiger partial charge in [0.15, 0.2) is 5.96 Å². The molecule has 2 heterocycles. The highest BCUT2D eigenvalue weighted by Gasteiger charge is 2.06. The first kappa shape index (κ1) is 20.0. The number of furan rings is 1. The first-order chi connectivity index (χ1) is 12.6. The van der Waals surface area contributed by atoms with Crippen LogP contribution in [0.25, 0.3) is 0 Å². The fraction of sp³-hybridized carbons (Fsp3) is 0.500. The number of nitrogens with zero attached hydrogens (tertiary/aromatic N) is 3. The Morgan fingerprint density at radius 2 is 2.08 bits per heavy atom. The number of amides is 1. The van der Waals surface area contributed by atoms with E-state index in [0.29, 0.717) is 19.0 Å². The van der Waals surface area contributed by atoms with Crippen LogP contribution in [0.5, 0.6) is 0 Å². The van der Waals surface area contributed by atoms with Crippen LogP contribution in [0.4, 0.5) is 0 Å². The largest absolute Gasteiger partial charge is 0.469 e. The van der Waals surface area contributed by atoms with Gasteiger partial charge in [-0.15, -0.1) is 11.3 Å². The van der Waals surface area contributed by atoms with E-state index in [2.05, 4.69) is 27.5 Å². The average molecular weight is 378 g/mol. The monoisotopic (exact) mass is 377 g/mol. The molecule has 0 aliphatic carbocycles. The minimum Gasteiger partial charge on any atom is -0.469 e. The zero-order valence-electron chi connectivity index (χ0n) is 15.6. The van der Waals surface area contributed by atoms with Crippen molar-refractivity contribution >= 4 is 23.2 Å². The minimum absolute atomic E-state index is 0.0374. The Labute approximate surface area is 158 Å². The quantitative estimate of drug-likeness (QED) is 0.513. The SMILES string of the molecule is CCc1cnc(CCNC(=NCC(=O)N(C)C)NCCc2ccco2)s1. The summed E-state index contributed by atoms with van der Waals surface area (Å²) in [7, 11) is 3.45. The van der Waals surface area contributed by atoms with E-state index < -0.39 is 0 Å². The van der Waals surface area contributed by atoms with E-state index in [-0.39, 0.29) is 12.5 Å². The predicted molar refractivity (Wildman–Crippen MR) is 105 cm³/mol. The molecular weight excluding hydrogens is 350 g/mol. The first-order valence-corrected chi connectivity index (χ1v) is 9.58. The van der Waals surface area contributed by atoms with E-state index >= 15 is 0 Å². The van der Waals surface area contributed by atoms with Gasteiger partial charge >= 0.3 is 0 Å². The third kappa shape index (κ3) is 6.87. The third-order valence-electron chi connectivity index (χ3n) is 3.70. The normalized spacial score (nSPS) is 11.4. The molecule has 0 radical (unpaired) electrons. The molecule has 142 valence electrons. The maximum Gasteiger partial charge on any atom is 0.243 e. The van der Waals surface area contributed by atoms with Crippen molar-refractivity contribution in [2.75, 3.05) is 33.7 Å². The van der Waals surface area contributed by atoms with Gasteiger partial charge in [0.05, 0.1) is 11.3 Å². The number of aliphatic imine (C=N–C) groups is 1. The number of rotatable bonds is 9. The topological polar surface area (TPSA) is 82.8 Å². The van der Waals surface area contributed by atoms with Crippen molar-refractivity contribution in [1.82, 2.24) is 20.5 Å². The summed E-state index contributed by atoms with van der Waals surface area (Å²) in [4.78, 5) is 23.4. The summed E-state index contributed by atoms with van der Waals surface area (Å²) in [5.74, 6) is 1.50. The number of thiazole rings is 1. The van der Waals surface area contributed by atoms with Crippen LogP contribution in [-0.4, -0.2) is 55.5 Å². The molecule has 0 fully saturated rings. The van der Waals surface area contributed by atoms with Gasteiger partial charge in [-0.2, -0.15) is 0 Å². The fourth-order valence-electron chi connectivity index (χ4n) is 2.14. The number of carbonyl (C=O) groups excluding carboxylic acids is 1. The molecule has 2 aromatic rings. The summed E-state index contributed by atoms with van der Waals surface area (Å²) in [6, 6.07) is 3.81. The molecular formula is C18H27N5O2S. The molecule has 0 unspecified atom stereocenters. The summed E-state index contributed by atoms with van der Waals surface area (Å²) >= 11 is 1.74. The van der Waals surface area contributed by atoms with E-state index in [1.165, 1.54) is 9.78 Å². The van der Waals surface area contributed by atoms with Gasteiger partial charge in [-0.25, -0.2) is 9.98 Å². The second kappa shape index (κ2) is 10.6. The van der Waals surface area contributed by atoms with Crippen LogP contribution in [0.2, 0.25) is 0 Å². The molecule has 2 aromatic heterocycles. The molecule has 0 saturated carbocycles. The number of hydrogen-bond donors (Lipinski definition) is 2. The first-order valence-electron chi connectivity index (χ1n) is 8.76. The van der Waals surface area contributed by atoms with Crippen molar-refractivity contribution in [2.24, 2.45) is 4.99 Å². The lowest BCUT2D eigenvalue weighted by atomic mass is 10.3. The Morgan fingerprint density at radius 1 is 1.31 bits per heavy atom. The highest BCUT2D eigenvalue weighted by molar-refractivity contribution is 7.11. The molecule has 7 nitrogen and oxygen atoms in total. The number of carbonyl (C=O) groups is 1. The van der Waals surface area contributed by atoms with E-state index in [0.717, 1.165) is 30.0 Å². The zero-order chi connectivity index (χ0) is 18.8.